The van der Waals surface area contributed by atoms with E-state index in [1.807, 2.05) is 18.2 Å². The molecule has 6 heteroatoms. The standard InChI is InChI=1S/C14H22N2O3S/c1-10-8-12(9-11(2)19-10)15-13-6-4-5-7-14(13)16-20(3,17)18/h4-7,10-12,15-16H,8-9H2,1-3H3. The Morgan fingerprint density at radius 2 is 1.65 bits per heavy atom. The second-order valence-corrected chi connectivity index (χ2v) is 7.24. The third-order valence-corrected chi connectivity index (χ3v) is 3.87. The minimum atomic E-state index is -3.28. The van der Waals surface area contributed by atoms with E-state index in [4.69, 9.17) is 4.74 Å². The predicted molar refractivity (Wildman–Crippen MR) is 81.6 cm³/mol. The molecule has 1 heterocycles. The number of para-hydroxylation sites is 2. The molecule has 2 N–H and O–H groups in total. The van der Waals surface area contributed by atoms with E-state index in [0.717, 1.165) is 24.8 Å². The summed E-state index contributed by atoms with van der Waals surface area (Å²) >= 11 is 0. The Balaban J connectivity index is 2.13. The Bertz CT molecular complexity index is 549. The SMILES string of the molecule is CC1CC(Nc2ccccc2NS(C)(=O)=O)CC(C)O1. The lowest BCUT2D eigenvalue weighted by atomic mass is 9.99. The summed E-state index contributed by atoms with van der Waals surface area (Å²) in [5, 5.41) is 3.43. The zero-order chi connectivity index (χ0) is 14.8. The van der Waals surface area contributed by atoms with E-state index < -0.39 is 10.0 Å². The van der Waals surface area contributed by atoms with Crippen molar-refractivity contribution in [1.82, 2.24) is 0 Å². The number of ether oxygens (including phenoxy) is 1. The maximum absolute atomic E-state index is 11.4. The average molecular weight is 298 g/mol. The summed E-state index contributed by atoms with van der Waals surface area (Å²) in [6, 6.07) is 7.64. The third kappa shape index (κ3) is 4.38. The molecule has 0 saturated carbocycles. The van der Waals surface area contributed by atoms with E-state index in [1.165, 1.54) is 0 Å². The van der Waals surface area contributed by atoms with E-state index >= 15 is 0 Å². The zero-order valence-electron chi connectivity index (χ0n) is 12.1. The molecule has 0 spiro atoms. The molecular formula is C14H22N2O3S. The first-order valence-electron chi connectivity index (χ1n) is 6.82. The molecule has 0 amide bonds. The Labute approximate surface area is 120 Å². The lowest BCUT2D eigenvalue weighted by Gasteiger charge is -2.33. The smallest absolute Gasteiger partial charge is 0.229 e. The molecule has 0 aromatic heterocycles. The van der Waals surface area contributed by atoms with Crippen molar-refractivity contribution in [2.45, 2.75) is 44.9 Å². The molecule has 2 unspecified atom stereocenters. The number of benzene rings is 1. The molecule has 20 heavy (non-hydrogen) atoms. The molecule has 0 bridgehead atoms. The lowest BCUT2D eigenvalue weighted by molar-refractivity contribution is -0.0337. The summed E-state index contributed by atoms with van der Waals surface area (Å²) in [5.41, 5.74) is 1.39. The maximum atomic E-state index is 11.4. The normalized spacial score (nSPS) is 27.1. The van der Waals surface area contributed by atoms with Crippen molar-refractivity contribution < 1.29 is 13.2 Å². The summed E-state index contributed by atoms with van der Waals surface area (Å²) in [7, 11) is -3.28. The molecule has 0 radical (unpaired) electrons. The minimum absolute atomic E-state index is 0.214. The Morgan fingerprint density at radius 1 is 1.10 bits per heavy atom. The Hall–Kier alpha value is -1.27. The highest BCUT2D eigenvalue weighted by Crippen LogP contribution is 2.27. The van der Waals surface area contributed by atoms with Crippen molar-refractivity contribution in [3.8, 4) is 0 Å². The Morgan fingerprint density at radius 3 is 2.20 bits per heavy atom. The summed E-state index contributed by atoms with van der Waals surface area (Å²) in [6.07, 6.45) is 3.41. The topological polar surface area (TPSA) is 67.4 Å². The fourth-order valence-corrected chi connectivity index (χ4v) is 3.22. The maximum Gasteiger partial charge on any atom is 0.229 e. The van der Waals surface area contributed by atoms with Crippen LogP contribution in [0.15, 0.2) is 24.3 Å². The number of hydrogen-bond donors (Lipinski definition) is 2. The van der Waals surface area contributed by atoms with E-state index in [2.05, 4.69) is 23.9 Å². The number of hydrogen-bond acceptors (Lipinski definition) is 4. The molecule has 1 aliphatic heterocycles. The molecule has 1 aliphatic rings. The van der Waals surface area contributed by atoms with Crippen molar-refractivity contribution in [2.75, 3.05) is 16.3 Å². The molecule has 112 valence electrons. The fraction of sp³-hybridized carbons (Fsp3) is 0.571. The highest BCUT2D eigenvalue weighted by molar-refractivity contribution is 7.92. The zero-order valence-corrected chi connectivity index (χ0v) is 12.9. The second-order valence-electron chi connectivity index (χ2n) is 5.49. The molecule has 2 atom stereocenters. The summed E-state index contributed by atoms with van der Waals surface area (Å²) in [4.78, 5) is 0. The molecule has 1 fully saturated rings. The summed E-state index contributed by atoms with van der Waals surface area (Å²) in [6.45, 7) is 4.12. The fourth-order valence-electron chi connectivity index (χ4n) is 2.64. The molecule has 1 aromatic carbocycles. The van der Waals surface area contributed by atoms with Crippen LogP contribution in [0, 0.1) is 0 Å². The number of anilines is 2. The van der Waals surface area contributed by atoms with Gasteiger partial charge in [-0.2, -0.15) is 0 Å². The number of sulfonamides is 1. The van der Waals surface area contributed by atoms with Crippen LogP contribution in [0.25, 0.3) is 0 Å². The van der Waals surface area contributed by atoms with Gasteiger partial charge in [0.05, 0.1) is 29.8 Å². The van der Waals surface area contributed by atoms with Gasteiger partial charge in [-0.3, -0.25) is 4.72 Å². The van der Waals surface area contributed by atoms with Gasteiger partial charge in [-0.05, 0) is 38.8 Å². The highest BCUT2D eigenvalue weighted by Gasteiger charge is 2.24. The van der Waals surface area contributed by atoms with Gasteiger partial charge in [0.25, 0.3) is 0 Å². The van der Waals surface area contributed by atoms with E-state index in [1.54, 1.807) is 6.07 Å². The first-order valence-corrected chi connectivity index (χ1v) is 8.71. The lowest BCUT2D eigenvalue weighted by Crippen LogP contribution is -2.37. The average Bonchev–Trinajstić information content (AvgIpc) is 2.28. The molecule has 1 saturated heterocycles. The van der Waals surface area contributed by atoms with E-state index in [-0.39, 0.29) is 18.2 Å². The molecule has 2 rings (SSSR count). The van der Waals surface area contributed by atoms with Crippen LogP contribution < -0.4 is 10.0 Å². The second kappa shape index (κ2) is 6.01. The number of nitrogens with one attached hydrogen (secondary N) is 2. The van der Waals surface area contributed by atoms with Gasteiger partial charge in [0.15, 0.2) is 0 Å². The van der Waals surface area contributed by atoms with Crippen molar-refractivity contribution >= 4 is 21.4 Å². The van der Waals surface area contributed by atoms with Gasteiger partial charge in [-0.1, -0.05) is 12.1 Å². The summed E-state index contributed by atoms with van der Waals surface area (Å²) in [5.74, 6) is 0. The van der Waals surface area contributed by atoms with Crippen molar-refractivity contribution in [2.24, 2.45) is 0 Å². The van der Waals surface area contributed by atoms with Crippen molar-refractivity contribution in [3.63, 3.8) is 0 Å². The van der Waals surface area contributed by atoms with Gasteiger partial charge in [-0.15, -0.1) is 0 Å². The van der Waals surface area contributed by atoms with Crippen LogP contribution in [0.3, 0.4) is 0 Å². The molecule has 5 nitrogen and oxygen atoms in total. The monoisotopic (exact) mass is 298 g/mol. The van der Waals surface area contributed by atoms with E-state index in [9.17, 15) is 8.42 Å². The van der Waals surface area contributed by atoms with Gasteiger partial charge in [-0.25, -0.2) is 8.42 Å². The van der Waals surface area contributed by atoms with E-state index in [0.29, 0.717) is 5.69 Å². The van der Waals surface area contributed by atoms with Crippen molar-refractivity contribution in [3.05, 3.63) is 24.3 Å². The predicted octanol–water partition coefficient (Wildman–Crippen LogP) is 2.43. The van der Waals surface area contributed by atoms with Gasteiger partial charge >= 0.3 is 0 Å². The highest BCUT2D eigenvalue weighted by atomic mass is 32.2. The van der Waals surface area contributed by atoms with Crippen LogP contribution in [0.2, 0.25) is 0 Å². The minimum Gasteiger partial charge on any atom is -0.380 e. The molecule has 0 aliphatic carbocycles. The van der Waals surface area contributed by atoms with Crippen LogP contribution in [-0.2, 0) is 14.8 Å². The van der Waals surface area contributed by atoms with Crippen LogP contribution in [0.4, 0.5) is 11.4 Å². The Kier molecular flexibility index (Phi) is 4.55. The van der Waals surface area contributed by atoms with Gasteiger partial charge in [0.1, 0.15) is 0 Å². The molecule has 1 aromatic rings. The summed E-state index contributed by atoms with van der Waals surface area (Å²) < 4.78 is 31.0. The third-order valence-electron chi connectivity index (χ3n) is 3.28. The molecular weight excluding hydrogens is 276 g/mol. The van der Waals surface area contributed by atoms with Crippen LogP contribution >= 0.6 is 0 Å². The first kappa shape index (κ1) is 15.1. The quantitative estimate of drug-likeness (QED) is 0.896. The van der Waals surface area contributed by atoms with Crippen molar-refractivity contribution in [1.29, 1.82) is 0 Å². The van der Waals surface area contributed by atoms with Gasteiger partial charge < -0.3 is 10.1 Å². The van der Waals surface area contributed by atoms with Crippen LogP contribution in [-0.4, -0.2) is 32.9 Å². The van der Waals surface area contributed by atoms with Gasteiger partial charge in [0, 0.05) is 6.04 Å². The first-order chi connectivity index (χ1) is 9.33. The number of rotatable bonds is 4. The van der Waals surface area contributed by atoms with Crippen LogP contribution in [0.5, 0.6) is 0 Å². The van der Waals surface area contributed by atoms with Crippen LogP contribution in [0.1, 0.15) is 26.7 Å². The largest absolute Gasteiger partial charge is 0.380 e. The van der Waals surface area contributed by atoms with Gasteiger partial charge in [0.2, 0.25) is 10.0 Å².